The average Bonchev–Trinajstić information content (AvgIpc) is 3.82. The van der Waals surface area contributed by atoms with Gasteiger partial charge in [-0.1, -0.05) is 59.3 Å². The maximum Gasteiger partial charge on any atom is 0.254 e. The molecular weight excluding hydrogens is 955 g/mol. The van der Waals surface area contributed by atoms with Crippen LogP contribution in [0.15, 0.2) is 24.3 Å². The minimum atomic E-state index is -1.58. The van der Waals surface area contributed by atoms with Crippen LogP contribution in [0, 0.1) is 5.92 Å². The lowest BCUT2D eigenvalue weighted by atomic mass is 9.97. The van der Waals surface area contributed by atoms with Crippen molar-refractivity contribution < 1.29 is 52.7 Å². The van der Waals surface area contributed by atoms with Gasteiger partial charge < -0.3 is 62.4 Å². The standard InChI is InChI=1S/C52H87N11O11/c1-13-14-15-16-17-18-20-37(58-45(69)39-21-19-29-63(39)46(70)35-22-24-36(74-12)25-23-35)43(67)55-33-42(66)59-50(4,5)48(72)56-32-41(65)57-38(31-34(2)3)44(68)60-52(8,9)49(73)61-51(6,7)47(71)54-27-26-40(64)53-28-30-62(10)11/h22-25,34,37-39H,13-21,26-33H2,1-12H3,(H,53,64)(H,54,71)(H,55,67)(H,56,72)(H,57,65)(H,58,69)(H,59,66)(H,60,68)(H,61,73)/t37-,38-,39-/m0/s1. The topological polar surface area (TPSA) is 295 Å². The van der Waals surface area contributed by atoms with E-state index in [9.17, 15) is 47.9 Å². The third kappa shape index (κ3) is 22.4. The molecule has 0 unspecified atom stereocenters. The number of nitrogens with zero attached hydrogens (tertiary/aromatic N) is 2. The molecule has 0 aliphatic carbocycles. The van der Waals surface area contributed by atoms with Crippen LogP contribution in [-0.4, -0.2) is 164 Å². The number of hydrogen-bond donors (Lipinski definition) is 9. The van der Waals surface area contributed by atoms with E-state index < -0.39 is 95.1 Å². The Bertz CT molecular complexity index is 2080. The second-order valence-corrected chi connectivity index (χ2v) is 21.2. The van der Waals surface area contributed by atoms with Gasteiger partial charge in [0.05, 0.1) is 20.2 Å². The second-order valence-electron chi connectivity index (χ2n) is 21.2. The first-order valence-corrected chi connectivity index (χ1v) is 25.9. The van der Waals surface area contributed by atoms with Crippen molar-refractivity contribution >= 4 is 59.1 Å². The van der Waals surface area contributed by atoms with Gasteiger partial charge in [-0.05, 0) is 112 Å². The number of carbonyl (C=O) groups excluding carboxylic acids is 10. The molecule has 2 rings (SSSR count). The number of amides is 10. The van der Waals surface area contributed by atoms with Gasteiger partial charge in [0.15, 0.2) is 0 Å². The minimum absolute atomic E-state index is 0.0398. The first kappa shape index (κ1) is 63.8. The third-order valence-corrected chi connectivity index (χ3v) is 12.4. The number of methoxy groups -OCH3 is 1. The van der Waals surface area contributed by atoms with Crippen LogP contribution < -0.4 is 52.6 Å². The number of carbonyl (C=O) groups is 10. The number of hydrogen-bond acceptors (Lipinski definition) is 12. The summed E-state index contributed by atoms with van der Waals surface area (Å²) >= 11 is 0. The van der Waals surface area contributed by atoms with Crippen molar-refractivity contribution in [2.45, 2.75) is 168 Å². The quantitative estimate of drug-likeness (QED) is 0.0460. The zero-order valence-electron chi connectivity index (χ0n) is 46.0. The molecule has 74 heavy (non-hydrogen) atoms. The molecule has 1 aromatic rings. The number of likely N-dealkylation sites (tertiary alicyclic amines) is 1. The predicted octanol–water partition coefficient (Wildman–Crippen LogP) is 1.17. The Hall–Kier alpha value is -6.32. The largest absolute Gasteiger partial charge is 0.497 e. The molecule has 22 heteroatoms. The van der Waals surface area contributed by atoms with Crippen molar-refractivity contribution in [3.63, 3.8) is 0 Å². The lowest BCUT2D eigenvalue weighted by Gasteiger charge is -2.33. The predicted molar refractivity (Wildman–Crippen MR) is 280 cm³/mol. The average molecular weight is 1040 g/mol. The van der Waals surface area contributed by atoms with Gasteiger partial charge in [0.1, 0.15) is 40.5 Å². The Kier molecular flexibility index (Phi) is 26.5. The molecule has 416 valence electrons. The fraction of sp³-hybridized carbons (Fsp3) is 0.692. The van der Waals surface area contributed by atoms with Gasteiger partial charge >= 0.3 is 0 Å². The molecule has 0 radical (unpaired) electrons. The summed E-state index contributed by atoms with van der Waals surface area (Å²) < 4.78 is 5.20. The molecule has 1 aliphatic heterocycles. The van der Waals surface area contributed by atoms with Gasteiger partial charge in [-0.3, -0.25) is 47.9 Å². The van der Waals surface area contributed by atoms with Gasteiger partial charge in [-0.2, -0.15) is 0 Å². The van der Waals surface area contributed by atoms with Crippen molar-refractivity contribution in [1.82, 2.24) is 57.7 Å². The summed E-state index contributed by atoms with van der Waals surface area (Å²) in [5.74, 6) is -5.26. The van der Waals surface area contributed by atoms with E-state index >= 15 is 0 Å². The molecule has 1 heterocycles. The second kappa shape index (κ2) is 30.8. The number of unbranched alkanes of at least 4 members (excludes halogenated alkanes) is 5. The maximum absolute atomic E-state index is 13.7. The normalized spacial score (nSPS) is 14.5. The summed E-state index contributed by atoms with van der Waals surface area (Å²) in [6, 6.07) is 3.68. The zero-order chi connectivity index (χ0) is 55.8. The number of benzene rings is 1. The van der Waals surface area contributed by atoms with Gasteiger partial charge in [-0.25, -0.2) is 0 Å². The van der Waals surface area contributed by atoms with Crippen molar-refractivity contribution in [2.75, 3.05) is 60.5 Å². The van der Waals surface area contributed by atoms with Crippen molar-refractivity contribution in [3.05, 3.63) is 29.8 Å². The monoisotopic (exact) mass is 1040 g/mol. The van der Waals surface area contributed by atoms with Crippen molar-refractivity contribution in [1.29, 1.82) is 0 Å². The fourth-order valence-corrected chi connectivity index (χ4v) is 7.88. The Morgan fingerprint density at radius 2 is 1.26 bits per heavy atom. The molecule has 1 aromatic carbocycles. The number of nitrogens with one attached hydrogen (secondary N) is 9. The molecule has 1 saturated heterocycles. The maximum atomic E-state index is 13.7. The summed E-state index contributed by atoms with van der Waals surface area (Å²) in [6.07, 6.45) is 7.16. The highest BCUT2D eigenvalue weighted by atomic mass is 16.5. The summed E-state index contributed by atoms with van der Waals surface area (Å²) in [5.41, 5.74) is -4.16. The summed E-state index contributed by atoms with van der Waals surface area (Å²) in [5, 5.41) is 23.8. The molecule has 0 bridgehead atoms. The van der Waals surface area contributed by atoms with E-state index in [-0.39, 0.29) is 37.1 Å². The molecule has 3 atom stereocenters. The number of rotatable bonds is 32. The van der Waals surface area contributed by atoms with Crippen LogP contribution in [0.1, 0.15) is 143 Å². The molecule has 22 nitrogen and oxygen atoms in total. The van der Waals surface area contributed by atoms with E-state index in [0.717, 1.165) is 32.1 Å². The molecule has 9 N–H and O–H groups in total. The fourth-order valence-electron chi connectivity index (χ4n) is 7.88. The first-order valence-electron chi connectivity index (χ1n) is 25.9. The Morgan fingerprint density at radius 1 is 0.662 bits per heavy atom. The highest BCUT2D eigenvalue weighted by molar-refractivity contribution is 6.00. The number of likely N-dealkylation sites (N-methyl/N-ethyl adjacent to an activating group) is 1. The molecular formula is C52H87N11O11. The summed E-state index contributed by atoms with van der Waals surface area (Å²) in [6.45, 7) is 14.8. The number of ether oxygens (including phenoxy) is 1. The highest BCUT2D eigenvalue weighted by Gasteiger charge is 2.39. The van der Waals surface area contributed by atoms with E-state index in [2.05, 4.69) is 54.8 Å². The SMILES string of the molecule is CCCCCCCC[C@H](NC(=O)[C@@H]1CCCN1C(=O)c1ccc(OC)cc1)C(=O)NCC(=O)NC(C)(C)C(=O)NCC(=O)N[C@@H](CC(C)C)C(=O)NC(C)(C)C(=O)NC(C)(C)C(=O)NCCC(=O)NCCN(C)C. The Morgan fingerprint density at radius 3 is 1.88 bits per heavy atom. The van der Waals surface area contributed by atoms with Crippen LogP contribution in [0.4, 0.5) is 0 Å². The van der Waals surface area contributed by atoms with Crippen LogP contribution in [-0.2, 0) is 43.2 Å². The van der Waals surface area contributed by atoms with Crippen LogP contribution in [0.3, 0.4) is 0 Å². The smallest absolute Gasteiger partial charge is 0.254 e. The van der Waals surface area contributed by atoms with Crippen LogP contribution in [0.25, 0.3) is 0 Å². The van der Waals surface area contributed by atoms with E-state index in [4.69, 9.17) is 4.74 Å². The molecule has 10 amide bonds. The van der Waals surface area contributed by atoms with E-state index in [1.165, 1.54) is 53.6 Å². The van der Waals surface area contributed by atoms with E-state index in [1.807, 2.05) is 32.8 Å². The van der Waals surface area contributed by atoms with Crippen LogP contribution >= 0.6 is 0 Å². The lowest BCUT2D eigenvalue weighted by Crippen LogP contribution is -2.64. The lowest BCUT2D eigenvalue weighted by molar-refractivity contribution is -0.138. The third-order valence-electron chi connectivity index (χ3n) is 12.4. The van der Waals surface area contributed by atoms with Crippen molar-refractivity contribution in [3.8, 4) is 5.75 Å². The Labute approximate surface area is 437 Å². The van der Waals surface area contributed by atoms with Crippen LogP contribution in [0.2, 0.25) is 0 Å². The summed E-state index contributed by atoms with van der Waals surface area (Å²) in [7, 11) is 5.29. The van der Waals surface area contributed by atoms with E-state index in [1.54, 1.807) is 24.3 Å². The van der Waals surface area contributed by atoms with Gasteiger partial charge in [0, 0.05) is 38.2 Å². The van der Waals surface area contributed by atoms with Crippen molar-refractivity contribution in [2.24, 2.45) is 5.92 Å². The minimum Gasteiger partial charge on any atom is -0.497 e. The molecule has 0 saturated carbocycles. The molecule has 0 spiro atoms. The molecule has 1 aliphatic rings. The van der Waals surface area contributed by atoms with Gasteiger partial charge in [-0.15, -0.1) is 0 Å². The summed E-state index contributed by atoms with van der Waals surface area (Å²) in [4.78, 5) is 136. The Balaban J connectivity index is 1.98. The zero-order valence-corrected chi connectivity index (χ0v) is 46.0. The van der Waals surface area contributed by atoms with Gasteiger partial charge in [0.2, 0.25) is 53.2 Å². The molecule has 1 fully saturated rings. The van der Waals surface area contributed by atoms with Crippen LogP contribution in [0.5, 0.6) is 5.75 Å². The van der Waals surface area contributed by atoms with E-state index in [0.29, 0.717) is 56.6 Å². The van der Waals surface area contributed by atoms with Gasteiger partial charge in [0.25, 0.3) is 5.91 Å². The molecule has 0 aromatic heterocycles. The first-order chi connectivity index (χ1) is 34.6. The highest BCUT2D eigenvalue weighted by Crippen LogP contribution is 2.22.